The molecule has 0 radical (unpaired) electrons. The summed E-state index contributed by atoms with van der Waals surface area (Å²) >= 11 is 0. The third-order valence-corrected chi connectivity index (χ3v) is 3.33. The molecule has 0 unspecified atom stereocenters. The highest BCUT2D eigenvalue weighted by Gasteiger charge is 2.09. The lowest BCUT2D eigenvalue weighted by atomic mass is 10.2. The minimum absolute atomic E-state index is 0.206. The Morgan fingerprint density at radius 2 is 1.86 bits per heavy atom. The molecule has 0 fully saturated rings. The van der Waals surface area contributed by atoms with Crippen LogP contribution >= 0.6 is 0 Å². The molecular formula is C16H19N3O2. The number of rotatable bonds is 6. The van der Waals surface area contributed by atoms with Gasteiger partial charge in [-0.3, -0.25) is 4.98 Å². The number of nitrogens with one attached hydrogen (secondary N) is 1. The van der Waals surface area contributed by atoms with Gasteiger partial charge in [0.25, 0.3) is 0 Å². The number of pyridine rings is 1. The predicted molar refractivity (Wildman–Crippen MR) is 84.5 cm³/mol. The first-order valence-electron chi connectivity index (χ1n) is 6.95. The van der Waals surface area contributed by atoms with Crippen LogP contribution in [-0.2, 0) is 0 Å². The molecule has 0 saturated heterocycles. The Bertz CT molecular complexity index is 607. The number of carboxylic acids is 1. The van der Waals surface area contributed by atoms with Gasteiger partial charge in [0.2, 0.25) is 0 Å². The molecule has 1 aromatic carbocycles. The van der Waals surface area contributed by atoms with Gasteiger partial charge < -0.3 is 15.3 Å². The van der Waals surface area contributed by atoms with E-state index in [0.717, 1.165) is 24.5 Å². The number of benzene rings is 1. The van der Waals surface area contributed by atoms with Crippen molar-refractivity contribution in [3.05, 3.63) is 48.3 Å². The summed E-state index contributed by atoms with van der Waals surface area (Å²) in [4.78, 5) is 17.4. The smallest absolute Gasteiger partial charge is 0.337 e. The maximum atomic E-state index is 11.2. The number of aromatic carboxylic acids is 1. The fraction of sp³-hybridized carbons (Fsp3) is 0.250. The lowest BCUT2D eigenvalue weighted by molar-refractivity contribution is 0.0698. The number of nitrogens with zero attached hydrogens (tertiary/aromatic N) is 2. The summed E-state index contributed by atoms with van der Waals surface area (Å²) in [6, 6.07) is 9.39. The molecule has 21 heavy (non-hydrogen) atoms. The monoisotopic (exact) mass is 285 g/mol. The van der Waals surface area contributed by atoms with Crippen molar-refractivity contribution in [3.8, 4) is 0 Å². The molecule has 110 valence electrons. The average Bonchev–Trinajstić information content (AvgIpc) is 2.50. The number of anilines is 3. The molecule has 2 rings (SSSR count). The van der Waals surface area contributed by atoms with Crippen molar-refractivity contribution in [3.63, 3.8) is 0 Å². The normalized spacial score (nSPS) is 10.2. The first kappa shape index (κ1) is 14.8. The maximum Gasteiger partial charge on any atom is 0.337 e. The first-order chi connectivity index (χ1) is 10.2. The molecule has 5 nitrogen and oxygen atoms in total. The number of hydrogen-bond donors (Lipinski definition) is 2. The fourth-order valence-electron chi connectivity index (χ4n) is 2.18. The van der Waals surface area contributed by atoms with Gasteiger partial charge in [-0.15, -0.1) is 0 Å². The van der Waals surface area contributed by atoms with E-state index < -0.39 is 5.97 Å². The summed E-state index contributed by atoms with van der Waals surface area (Å²) in [7, 11) is 0. The Morgan fingerprint density at radius 1 is 1.19 bits per heavy atom. The molecule has 5 heteroatoms. The molecule has 0 aliphatic rings. The van der Waals surface area contributed by atoms with E-state index in [1.54, 1.807) is 0 Å². The SMILES string of the molecule is CCN(CC)c1ccc(Nc2cnccc2C(=O)O)cc1. The van der Waals surface area contributed by atoms with Gasteiger partial charge in [-0.2, -0.15) is 0 Å². The standard InChI is InChI=1S/C16H19N3O2/c1-3-19(4-2)13-7-5-12(6-8-13)18-15-11-17-10-9-14(15)16(20)21/h5-11,18H,3-4H2,1-2H3,(H,20,21). The molecule has 0 amide bonds. The van der Waals surface area contributed by atoms with Crippen molar-refractivity contribution in [1.29, 1.82) is 0 Å². The van der Waals surface area contributed by atoms with Crippen LogP contribution in [0.2, 0.25) is 0 Å². The van der Waals surface area contributed by atoms with Crippen LogP contribution in [0.1, 0.15) is 24.2 Å². The third kappa shape index (κ3) is 3.51. The molecule has 0 aliphatic heterocycles. The Labute approximate surface area is 124 Å². The van der Waals surface area contributed by atoms with Crippen LogP contribution in [0, 0.1) is 0 Å². The fourth-order valence-corrected chi connectivity index (χ4v) is 2.18. The van der Waals surface area contributed by atoms with Crippen LogP contribution in [0.15, 0.2) is 42.7 Å². The number of carbonyl (C=O) groups is 1. The predicted octanol–water partition coefficient (Wildman–Crippen LogP) is 3.37. The van der Waals surface area contributed by atoms with Crippen LogP contribution in [0.5, 0.6) is 0 Å². The Kier molecular flexibility index (Phi) is 4.77. The molecule has 1 aromatic heterocycles. The van der Waals surface area contributed by atoms with E-state index in [-0.39, 0.29) is 5.56 Å². The first-order valence-corrected chi connectivity index (χ1v) is 6.95. The molecule has 0 saturated carbocycles. The van der Waals surface area contributed by atoms with Gasteiger partial charge in [0.15, 0.2) is 0 Å². The minimum Gasteiger partial charge on any atom is -0.478 e. The highest BCUT2D eigenvalue weighted by molar-refractivity contribution is 5.94. The van der Waals surface area contributed by atoms with Crippen molar-refractivity contribution in [1.82, 2.24) is 4.98 Å². The van der Waals surface area contributed by atoms with Crippen molar-refractivity contribution >= 4 is 23.0 Å². The summed E-state index contributed by atoms with van der Waals surface area (Å²) in [5, 5.41) is 12.2. The quantitative estimate of drug-likeness (QED) is 0.852. The van der Waals surface area contributed by atoms with Gasteiger partial charge in [0, 0.05) is 30.7 Å². The van der Waals surface area contributed by atoms with E-state index in [2.05, 4.69) is 29.0 Å². The van der Waals surface area contributed by atoms with Crippen molar-refractivity contribution in [2.45, 2.75) is 13.8 Å². The van der Waals surface area contributed by atoms with Gasteiger partial charge in [0.05, 0.1) is 17.4 Å². The van der Waals surface area contributed by atoms with E-state index in [0.29, 0.717) is 5.69 Å². The maximum absolute atomic E-state index is 11.2. The van der Waals surface area contributed by atoms with Gasteiger partial charge >= 0.3 is 5.97 Å². The Morgan fingerprint density at radius 3 is 2.43 bits per heavy atom. The van der Waals surface area contributed by atoms with Gasteiger partial charge in [-0.05, 0) is 44.2 Å². The topological polar surface area (TPSA) is 65.5 Å². The highest BCUT2D eigenvalue weighted by atomic mass is 16.4. The Balaban J connectivity index is 2.19. The summed E-state index contributed by atoms with van der Waals surface area (Å²) in [6.45, 7) is 6.14. The molecule has 0 atom stereocenters. The number of aromatic nitrogens is 1. The van der Waals surface area contributed by atoms with Crippen molar-refractivity contribution in [2.75, 3.05) is 23.3 Å². The zero-order chi connectivity index (χ0) is 15.2. The molecule has 0 bridgehead atoms. The Hall–Kier alpha value is -2.56. The third-order valence-electron chi connectivity index (χ3n) is 3.33. The van der Waals surface area contributed by atoms with Gasteiger partial charge in [-0.25, -0.2) is 4.79 Å². The van der Waals surface area contributed by atoms with E-state index in [9.17, 15) is 4.79 Å². The molecule has 1 heterocycles. The molecular weight excluding hydrogens is 266 g/mol. The zero-order valence-corrected chi connectivity index (χ0v) is 12.2. The van der Waals surface area contributed by atoms with Crippen LogP contribution in [0.4, 0.5) is 17.1 Å². The minimum atomic E-state index is -0.973. The van der Waals surface area contributed by atoms with E-state index >= 15 is 0 Å². The highest BCUT2D eigenvalue weighted by Crippen LogP contribution is 2.23. The van der Waals surface area contributed by atoms with Crippen LogP contribution < -0.4 is 10.2 Å². The van der Waals surface area contributed by atoms with Gasteiger partial charge in [-0.1, -0.05) is 0 Å². The number of hydrogen-bond acceptors (Lipinski definition) is 4. The lowest BCUT2D eigenvalue weighted by Gasteiger charge is -2.21. The second-order valence-corrected chi connectivity index (χ2v) is 4.57. The van der Waals surface area contributed by atoms with Crippen molar-refractivity contribution < 1.29 is 9.90 Å². The van der Waals surface area contributed by atoms with Crippen LogP contribution in [-0.4, -0.2) is 29.1 Å². The van der Waals surface area contributed by atoms with Gasteiger partial charge in [0.1, 0.15) is 0 Å². The summed E-state index contributed by atoms with van der Waals surface area (Å²) in [5.74, 6) is -0.973. The largest absolute Gasteiger partial charge is 0.478 e. The van der Waals surface area contributed by atoms with E-state index in [1.165, 1.54) is 18.5 Å². The zero-order valence-electron chi connectivity index (χ0n) is 12.2. The van der Waals surface area contributed by atoms with Crippen molar-refractivity contribution in [2.24, 2.45) is 0 Å². The van der Waals surface area contributed by atoms with Crippen LogP contribution in [0.25, 0.3) is 0 Å². The van der Waals surface area contributed by atoms with E-state index in [4.69, 9.17) is 5.11 Å². The molecule has 0 spiro atoms. The second-order valence-electron chi connectivity index (χ2n) is 4.57. The summed E-state index contributed by atoms with van der Waals surface area (Å²) < 4.78 is 0. The lowest BCUT2D eigenvalue weighted by Crippen LogP contribution is -2.21. The van der Waals surface area contributed by atoms with E-state index in [1.807, 2.05) is 24.3 Å². The number of carboxylic acid groups (broad SMARTS) is 1. The summed E-state index contributed by atoms with van der Waals surface area (Å²) in [6.07, 6.45) is 2.99. The molecule has 2 aromatic rings. The summed E-state index contributed by atoms with van der Waals surface area (Å²) in [5.41, 5.74) is 2.68. The second kappa shape index (κ2) is 6.74. The van der Waals surface area contributed by atoms with Crippen LogP contribution in [0.3, 0.4) is 0 Å². The average molecular weight is 285 g/mol. The molecule has 0 aliphatic carbocycles. The molecule has 2 N–H and O–H groups in total.